The topological polar surface area (TPSA) is 115 Å². The van der Waals surface area contributed by atoms with Crippen molar-refractivity contribution in [3.05, 3.63) is 90.0 Å². The van der Waals surface area contributed by atoms with Gasteiger partial charge in [0.1, 0.15) is 23.0 Å². The van der Waals surface area contributed by atoms with Gasteiger partial charge in [0, 0.05) is 18.0 Å². The average molecular weight is 564 g/mol. The first-order valence-electron chi connectivity index (χ1n) is 10.8. The highest BCUT2D eigenvalue weighted by atomic mass is 32.2. The number of alkyl halides is 3. The molecule has 0 aliphatic carbocycles. The predicted molar refractivity (Wildman–Crippen MR) is 128 cm³/mol. The van der Waals surface area contributed by atoms with E-state index in [2.05, 4.69) is 15.0 Å². The second kappa shape index (κ2) is 9.27. The molecule has 0 atom stereocenters. The summed E-state index contributed by atoms with van der Waals surface area (Å²) in [5, 5.41) is 0. The molecule has 8 nitrogen and oxygen atoms in total. The third-order valence-electron chi connectivity index (χ3n) is 5.56. The fraction of sp³-hybridized carbons (Fsp3) is 0.0417. The van der Waals surface area contributed by atoms with Crippen molar-refractivity contribution in [1.29, 1.82) is 0 Å². The van der Waals surface area contributed by atoms with Crippen LogP contribution in [0.15, 0.2) is 71.9 Å². The molecular formula is C24H14F6N6O2S. The number of imidazole rings is 1. The number of anilines is 2. The molecule has 200 valence electrons. The molecule has 5 aromatic rings. The molecular weight excluding hydrogens is 550 g/mol. The van der Waals surface area contributed by atoms with Crippen molar-refractivity contribution in [1.82, 2.24) is 19.4 Å². The third-order valence-corrected chi connectivity index (χ3v) is 6.97. The monoisotopic (exact) mass is 564 g/mol. The summed E-state index contributed by atoms with van der Waals surface area (Å²) in [6, 6.07) is 8.70. The Labute approximate surface area is 215 Å². The van der Waals surface area contributed by atoms with E-state index in [4.69, 9.17) is 5.73 Å². The van der Waals surface area contributed by atoms with Crippen LogP contribution in [0.1, 0.15) is 5.56 Å². The SMILES string of the molecule is Nc1nccc(-c2c(-c3cccc(NS(=O)(=O)c4c(F)cccc4F)c3F)nc3cc(C(F)(F)F)ccn23)n1. The minimum Gasteiger partial charge on any atom is -0.368 e. The average Bonchev–Trinajstić information content (AvgIpc) is 3.23. The largest absolute Gasteiger partial charge is 0.416 e. The normalized spacial score (nSPS) is 12.2. The standard InChI is InChI=1S/C24H14F6N6O2S/c25-14-4-2-5-15(26)22(14)39(37,38)35-16-6-1-3-13(19(16)27)20-21(17-7-9-32-23(31)33-17)36-10-8-12(24(28,29)30)11-18(36)34-20/h1-11,35H,(H2,31,32,33). The highest BCUT2D eigenvalue weighted by molar-refractivity contribution is 7.92. The Balaban J connectivity index is 1.70. The van der Waals surface area contributed by atoms with E-state index >= 15 is 4.39 Å². The zero-order valence-electron chi connectivity index (χ0n) is 19.2. The third kappa shape index (κ3) is 4.71. The lowest BCUT2D eigenvalue weighted by atomic mass is 10.1. The quantitative estimate of drug-likeness (QED) is 0.281. The van der Waals surface area contributed by atoms with Crippen molar-refractivity contribution in [3.63, 3.8) is 0 Å². The summed E-state index contributed by atoms with van der Waals surface area (Å²) in [5.74, 6) is -4.21. The number of nitrogens with two attached hydrogens (primary N) is 1. The Morgan fingerprint density at radius 2 is 1.62 bits per heavy atom. The van der Waals surface area contributed by atoms with Crippen molar-refractivity contribution >= 4 is 27.3 Å². The fourth-order valence-electron chi connectivity index (χ4n) is 3.89. The number of nitrogens with one attached hydrogen (secondary N) is 1. The first kappa shape index (κ1) is 26.0. The van der Waals surface area contributed by atoms with Crippen LogP contribution in [0.2, 0.25) is 0 Å². The minimum atomic E-state index is -4.94. The lowest BCUT2D eigenvalue weighted by Gasteiger charge is -2.13. The molecule has 0 bridgehead atoms. The number of hydrogen-bond acceptors (Lipinski definition) is 6. The van der Waals surface area contributed by atoms with Gasteiger partial charge in [0.2, 0.25) is 5.95 Å². The first-order chi connectivity index (χ1) is 18.4. The molecule has 0 saturated carbocycles. The summed E-state index contributed by atoms with van der Waals surface area (Å²) in [6.45, 7) is 0. The Kier molecular flexibility index (Phi) is 6.17. The zero-order valence-corrected chi connectivity index (χ0v) is 20.0. The van der Waals surface area contributed by atoms with Gasteiger partial charge < -0.3 is 5.73 Å². The van der Waals surface area contributed by atoms with Gasteiger partial charge in [-0.1, -0.05) is 12.1 Å². The van der Waals surface area contributed by atoms with Crippen molar-refractivity contribution in [2.45, 2.75) is 11.1 Å². The van der Waals surface area contributed by atoms with Crippen molar-refractivity contribution in [3.8, 4) is 22.6 Å². The van der Waals surface area contributed by atoms with Gasteiger partial charge in [0.05, 0.1) is 22.6 Å². The lowest BCUT2D eigenvalue weighted by Crippen LogP contribution is -2.17. The summed E-state index contributed by atoms with van der Waals surface area (Å²) in [5.41, 5.74) is 3.24. The molecule has 0 spiro atoms. The van der Waals surface area contributed by atoms with Gasteiger partial charge in [-0.05, 0) is 42.5 Å². The van der Waals surface area contributed by atoms with Crippen LogP contribution >= 0.6 is 0 Å². The maximum absolute atomic E-state index is 15.8. The molecule has 0 saturated heterocycles. The van der Waals surface area contributed by atoms with Crippen molar-refractivity contribution in [2.24, 2.45) is 0 Å². The van der Waals surface area contributed by atoms with E-state index in [0.29, 0.717) is 0 Å². The van der Waals surface area contributed by atoms with Crippen molar-refractivity contribution in [2.75, 3.05) is 10.5 Å². The van der Waals surface area contributed by atoms with Crippen LogP contribution in [0, 0.1) is 17.5 Å². The van der Waals surface area contributed by atoms with Gasteiger partial charge in [-0.15, -0.1) is 0 Å². The number of nitrogen functional groups attached to an aromatic ring is 1. The van der Waals surface area contributed by atoms with Gasteiger partial charge in [-0.2, -0.15) is 13.2 Å². The maximum atomic E-state index is 15.8. The predicted octanol–water partition coefficient (Wildman–Crippen LogP) is 5.28. The van der Waals surface area contributed by atoms with E-state index in [1.165, 1.54) is 28.8 Å². The van der Waals surface area contributed by atoms with Gasteiger partial charge >= 0.3 is 6.18 Å². The van der Waals surface area contributed by atoms with Crippen LogP contribution in [-0.4, -0.2) is 27.8 Å². The molecule has 2 aromatic carbocycles. The van der Waals surface area contributed by atoms with Crippen LogP contribution in [0.25, 0.3) is 28.3 Å². The maximum Gasteiger partial charge on any atom is 0.416 e. The summed E-state index contributed by atoms with van der Waals surface area (Å²) in [4.78, 5) is 10.7. The van der Waals surface area contributed by atoms with E-state index in [1.54, 1.807) is 0 Å². The fourth-order valence-corrected chi connectivity index (χ4v) is 5.09. The molecule has 3 N–H and O–H groups in total. The van der Waals surface area contributed by atoms with Crippen LogP contribution < -0.4 is 10.5 Å². The van der Waals surface area contributed by atoms with E-state index in [9.17, 15) is 30.4 Å². The van der Waals surface area contributed by atoms with Gasteiger partial charge in [-0.3, -0.25) is 9.12 Å². The van der Waals surface area contributed by atoms with Crippen molar-refractivity contribution < 1.29 is 34.8 Å². The molecule has 0 unspecified atom stereocenters. The van der Waals surface area contributed by atoms with E-state index in [1.807, 2.05) is 4.72 Å². The number of rotatable bonds is 5. The number of halogens is 6. The molecule has 39 heavy (non-hydrogen) atoms. The smallest absolute Gasteiger partial charge is 0.368 e. The molecule has 5 rings (SSSR count). The molecule has 0 aliphatic heterocycles. The number of nitrogens with zero attached hydrogens (tertiary/aromatic N) is 4. The summed E-state index contributed by atoms with van der Waals surface area (Å²) in [6.07, 6.45) is -2.36. The molecule has 0 amide bonds. The Hall–Kier alpha value is -4.66. The van der Waals surface area contributed by atoms with Crippen LogP contribution in [0.4, 0.5) is 38.0 Å². The van der Waals surface area contributed by atoms with E-state index in [-0.39, 0.29) is 34.2 Å². The van der Waals surface area contributed by atoms with Gasteiger partial charge in [0.15, 0.2) is 10.7 Å². The van der Waals surface area contributed by atoms with Gasteiger partial charge in [0.25, 0.3) is 10.0 Å². The Morgan fingerprint density at radius 3 is 2.28 bits per heavy atom. The lowest BCUT2D eigenvalue weighted by molar-refractivity contribution is -0.137. The number of sulfonamides is 1. The minimum absolute atomic E-state index is 0.0203. The number of benzene rings is 2. The highest BCUT2D eigenvalue weighted by Crippen LogP contribution is 2.38. The second-order valence-corrected chi connectivity index (χ2v) is 9.69. The molecule has 0 radical (unpaired) electrons. The number of aromatic nitrogens is 4. The highest BCUT2D eigenvalue weighted by Gasteiger charge is 2.32. The van der Waals surface area contributed by atoms with Crippen LogP contribution in [0.3, 0.4) is 0 Å². The zero-order chi connectivity index (χ0) is 28.1. The summed E-state index contributed by atoms with van der Waals surface area (Å²) in [7, 11) is -4.94. The molecule has 0 aliphatic rings. The molecule has 3 aromatic heterocycles. The molecule has 3 heterocycles. The summed E-state index contributed by atoms with van der Waals surface area (Å²) < 4.78 is 113. The number of pyridine rings is 1. The number of fused-ring (bicyclic) bond motifs is 1. The Morgan fingerprint density at radius 1 is 0.923 bits per heavy atom. The Bertz CT molecular complexity index is 1840. The second-order valence-electron chi connectivity index (χ2n) is 8.07. The molecule has 15 heteroatoms. The number of hydrogen-bond donors (Lipinski definition) is 2. The first-order valence-corrected chi connectivity index (χ1v) is 12.3. The van der Waals surface area contributed by atoms with Gasteiger partial charge in [-0.25, -0.2) is 36.5 Å². The van der Waals surface area contributed by atoms with Crippen LogP contribution in [0.5, 0.6) is 0 Å². The van der Waals surface area contributed by atoms with E-state index in [0.717, 1.165) is 42.6 Å². The molecule has 0 fully saturated rings. The van der Waals surface area contributed by atoms with E-state index < -0.39 is 49.8 Å². The summed E-state index contributed by atoms with van der Waals surface area (Å²) >= 11 is 0. The van der Waals surface area contributed by atoms with Crippen LogP contribution in [-0.2, 0) is 16.2 Å².